The third kappa shape index (κ3) is 7.27. The number of aliphatic hydroxyl groups excluding tert-OH is 1. The summed E-state index contributed by atoms with van der Waals surface area (Å²) < 4.78 is 11.0. The zero-order valence-electron chi connectivity index (χ0n) is 18.7. The van der Waals surface area contributed by atoms with Gasteiger partial charge in [-0.15, -0.1) is 0 Å². The Morgan fingerprint density at radius 2 is 1.73 bits per heavy atom. The monoisotopic (exact) mass is 459 g/mol. The van der Waals surface area contributed by atoms with Gasteiger partial charge in [0.1, 0.15) is 12.5 Å². The number of aliphatic hydroxyl groups is 1. The van der Waals surface area contributed by atoms with E-state index in [1.807, 2.05) is 0 Å². The summed E-state index contributed by atoms with van der Waals surface area (Å²) in [7, 11) is 0. The van der Waals surface area contributed by atoms with Crippen LogP contribution in [0, 0.1) is 0 Å². The first-order valence-corrected chi connectivity index (χ1v) is 11.4. The van der Waals surface area contributed by atoms with Gasteiger partial charge in [0.2, 0.25) is 5.75 Å². The molecule has 8 heteroatoms. The predicted molar refractivity (Wildman–Crippen MR) is 123 cm³/mol. The van der Waals surface area contributed by atoms with Crippen molar-refractivity contribution in [2.45, 2.75) is 70.0 Å². The van der Waals surface area contributed by atoms with E-state index in [1.165, 1.54) is 12.1 Å². The number of ether oxygens (including phenoxy) is 2. The lowest BCUT2D eigenvalue weighted by atomic mass is 9.99. The number of Topliss-reactive ketones (excluding diaryl/α,β-unsaturated/α-hetero) is 1. The molecule has 0 spiro atoms. The van der Waals surface area contributed by atoms with Gasteiger partial charge in [-0.05, 0) is 80.3 Å². The fourth-order valence-corrected chi connectivity index (χ4v) is 4.07. The van der Waals surface area contributed by atoms with Crippen LogP contribution in [0.25, 0.3) is 0 Å². The zero-order valence-corrected chi connectivity index (χ0v) is 18.7. The van der Waals surface area contributed by atoms with E-state index in [4.69, 9.17) is 15.2 Å². The number of aromatic hydroxyl groups is 3. The third-order valence-electron chi connectivity index (χ3n) is 5.90. The molecule has 3 rings (SSSR count). The van der Waals surface area contributed by atoms with Gasteiger partial charge in [-0.2, -0.15) is 0 Å². The molecule has 33 heavy (non-hydrogen) atoms. The van der Waals surface area contributed by atoms with Crippen LogP contribution < -0.4 is 15.2 Å². The van der Waals surface area contributed by atoms with Gasteiger partial charge < -0.3 is 29.9 Å². The lowest BCUT2D eigenvalue weighted by molar-refractivity contribution is -0.121. The minimum Gasteiger partial charge on any atom is -0.504 e. The van der Waals surface area contributed by atoms with E-state index in [-0.39, 0.29) is 60.2 Å². The van der Waals surface area contributed by atoms with E-state index in [0.717, 1.165) is 36.8 Å². The summed E-state index contributed by atoms with van der Waals surface area (Å²) in [5.41, 5.74) is 6.89. The van der Waals surface area contributed by atoms with Crippen molar-refractivity contribution in [3.8, 4) is 28.7 Å². The van der Waals surface area contributed by atoms with E-state index in [0.29, 0.717) is 19.3 Å². The van der Waals surface area contributed by atoms with E-state index in [1.54, 1.807) is 18.2 Å². The highest BCUT2D eigenvalue weighted by molar-refractivity contribution is 5.79. The van der Waals surface area contributed by atoms with Crippen LogP contribution in [0.5, 0.6) is 28.7 Å². The normalized spacial score (nSPS) is 14.8. The van der Waals surface area contributed by atoms with Crippen molar-refractivity contribution in [2.24, 2.45) is 5.73 Å². The molecule has 0 radical (unpaired) electrons. The van der Waals surface area contributed by atoms with Crippen molar-refractivity contribution in [1.82, 2.24) is 0 Å². The first kappa shape index (κ1) is 24.7. The molecule has 1 aliphatic carbocycles. The molecule has 0 amide bonds. The van der Waals surface area contributed by atoms with Gasteiger partial charge in [0.25, 0.3) is 0 Å². The highest BCUT2D eigenvalue weighted by atomic mass is 16.5. The number of carbonyl (C=O) groups excluding carboxylic acids is 1. The van der Waals surface area contributed by atoms with Crippen LogP contribution >= 0.6 is 0 Å². The van der Waals surface area contributed by atoms with Crippen molar-refractivity contribution >= 4 is 5.78 Å². The second-order valence-electron chi connectivity index (χ2n) is 8.53. The van der Waals surface area contributed by atoms with Crippen molar-refractivity contribution in [3.63, 3.8) is 0 Å². The first-order chi connectivity index (χ1) is 15.9. The Labute approximate surface area is 193 Å². The number of phenolic OH excluding ortho intramolecular Hbond substituents is 3. The van der Waals surface area contributed by atoms with Crippen molar-refractivity contribution in [3.05, 3.63) is 41.5 Å². The zero-order chi connectivity index (χ0) is 23.8. The fraction of sp³-hybridized carbons (Fsp3) is 0.480. The maximum Gasteiger partial charge on any atom is 0.200 e. The van der Waals surface area contributed by atoms with Crippen LogP contribution in [-0.2, 0) is 17.6 Å². The van der Waals surface area contributed by atoms with E-state index in [9.17, 15) is 25.2 Å². The average Bonchev–Trinajstić information content (AvgIpc) is 3.29. The molecule has 1 saturated carbocycles. The molecule has 0 bridgehead atoms. The molecule has 1 aliphatic rings. The van der Waals surface area contributed by atoms with E-state index in [2.05, 4.69) is 0 Å². The summed E-state index contributed by atoms with van der Waals surface area (Å²) in [6.07, 6.45) is 4.77. The standard InChI is InChI=1S/C25H33NO7/c26-15-32-23-12-16(7-10-21(23)29)5-8-18(27)14-19(28)9-6-17-11-22(30)25(31)24(13-17)33-20-3-1-2-4-20/h7,10-13,19-20,28-31H,1-6,8-9,14-15,26H2/t19-/m1/s1. The summed E-state index contributed by atoms with van der Waals surface area (Å²) in [6, 6.07) is 8.00. The maximum absolute atomic E-state index is 12.3. The fourth-order valence-electron chi connectivity index (χ4n) is 4.07. The first-order valence-electron chi connectivity index (χ1n) is 11.4. The molecular weight excluding hydrogens is 426 g/mol. The van der Waals surface area contributed by atoms with Crippen molar-refractivity contribution in [1.29, 1.82) is 0 Å². The molecule has 8 nitrogen and oxygen atoms in total. The minimum absolute atomic E-state index is 0.0111. The number of phenols is 3. The highest BCUT2D eigenvalue weighted by Gasteiger charge is 2.20. The van der Waals surface area contributed by atoms with Crippen LogP contribution in [0.3, 0.4) is 0 Å². The van der Waals surface area contributed by atoms with Crippen LogP contribution in [0.1, 0.15) is 56.1 Å². The SMILES string of the molecule is NCOc1cc(CCC(=O)C[C@H](O)CCc2cc(O)c(O)c(OC3CCCC3)c2)ccc1O. The number of hydrogen-bond donors (Lipinski definition) is 5. The molecule has 2 aromatic carbocycles. The highest BCUT2D eigenvalue weighted by Crippen LogP contribution is 2.39. The minimum atomic E-state index is -0.816. The van der Waals surface area contributed by atoms with Crippen molar-refractivity contribution < 1.29 is 34.7 Å². The summed E-state index contributed by atoms with van der Waals surface area (Å²) >= 11 is 0. The van der Waals surface area contributed by atoms with Crippen LogP contribution in [-0.4, -0.2) is 45.1 Å². The van der Waals surface area contributed by atoms with Crippen molar-refractivity contribution in [2.75, 3.05) is 6.73 Å². The lowest BCUT2D eigenvalue weighted by Crippen LogP contribution is -2.15. The maximum atomic E-state index is 12.3. The molecule has 0 heterocycles. The lowest BCUT2D eigenvalue weighted by Gasteiger charge is -2.16. The Hall–Kier alpha value is -2.97. The predicted octanol–water partition coefficient (Wildman–Crippen LogP) is 3.31. The third-order valence-corrected chi connectivity index (χ3v) is 5.90. The van der Waals surface area contributed by atoms with Gasteiger partial charge in [0, 0.05) is 12.8 Å². The van der Waals surface area contributed by atoms with Gasteiger partial charge in [-0.3, -0.25) is 10.5 Å². The molecule has 180 valence electrons. The molecule has 0 saturated heterocycles. The largest absolute Gasteiger partial charge is 0.504 e. The summed E-state index contributed by atoms with van der Waals surface area (Å²) in [4.78, 5) is 12.3. The van der Waals surface area contributed by atoms with Gasteiger partial charge in [-0.1, -0.05) is 6.07 Å². The smallest absolute Gasteiger partial charge is 0.200 e. The van der Waals surface area contributed by atoms with Gasteiger partial charge in [0.05, 0.1) is 12.2 Å². The van der Waals surface area contributed by atoms with Crippen LogP contribution in [0.4, 0.5) is 0 Å². The van der Waals surface area contributed by atoms with Gasteiger partial charge in [-0.25, -0.2) is 0 Å². The number of rotatable bonds is 12. The second-order valence-corrected chi connectivity index (χ2v) is 8.53. The Morgan fingerprint density at radius 1 is 1.00 bits per heavy atom. The molecular formula is C25H33NO7. The molecule has 1 atom stereocenters. The molecule has 0 aromatic heterocycles. The molecule has 0 unspecified atom stereocenters. The number of carbonyl (C=O) groups is 1. The molecule has 6 N–H and O–H groups in total. The van der Waals surface area contributed by atoms with Gasteiger partial charge in [0.15, 0.2) is 23.0 Å². The van der Waals surface area contributed by atoms with Crippen LogP contribution in [0.15, 0.2) is 30.3 Å². The van der Waals surface area contributed by atoms with Crippen LogP contribution in [0.2, 0.25) is 0 Å². The van der Waals surface area contributed by atoms with E-state index < -0.39 is 6.10 Å². The number of aryl methyl sites for hydroxylation is 2. The number of benzene rings is 2. The quantitative estimate of drug-likeness (QED) is 0.240. The Bertz CT molecular complexity index is 941. The molecule has 2 aromatic rings. The topological polar surface area (TPSA) is 142 Å². The summed E-state index contributed by atoms with van der Waals surface area (Å²) in [5.74, 6) is -0.0717. The number of nitrogens with two attached hydrogens (primary N) is 1. The summed E-state index contributed by atoms with van der Waals surface area (Å²) in [6.45, 7) is -0.0604. The molecule has 1 fully saturated rings. The number of hydrogen-bond acceptors (Lipinski definition) is 8. The number of ketones is 1. The average molecular weight is 460 g/mol. The Balaban J connectivity index is 1.47. The Morgan fingerprint density at radius 3 is 2.45 bits per heavy atom. The molecule has 0 aliphatic heterocycles. The van der Waals surface area contributed by atoms with Gasteiger partial charge >= 0.3 is 0 Å². The van der Waals surface area contributed by atoms with E-state index >= 15 is 0 Å². The summed E-state index contributed by atoms with van der Waals surface area (Å²) in [5, 5.41) is 40.2. The Kier molecular flexibility index (Phi) is 8.79. The second kappa shape index (κ2) is 11.8.